The van der Waals surface area contributed by atoms with Crippen LogP contribution < -0.4 is 9.47 Å². The number of aliphatic hydroxyl groups excluding tert-OH is 1. The molecule has 0 spiro atoms. The van der Waals surface area contributed by atoms with Crippen molar-refractivity contribution in [2.75, 3.05) is 33.8 Å². The first-order chi connectivity index (χ1) is 16.3. The number of nitrogens with zero attached hydrogens (tertiary/aromatic N) is 2. The molecule has 2 aromatic carbocycles. The second kappa shape index (κ2) is 9.73. The van der Waals surface area contributed by atoms with E-state index >= 15 is 0 Å². The third kappa shape index (κ3) is 4.56. The summed E-state index contributed by atoms with van der Waals surface area (Å²) in [5.74, 6) is -0.124. The number of benzene rings is 2. The van der Waals surface area contributed by atoms with E-state index in [0.717, 1.165) is 17.7 Å². The van der Waals surface area contributed by atoms with Gasteiger partial charge in [-0.1, -0.05) is 24.8 Å². The summed E-state index contributed by atoms with van der Waals surface area (Å²) in [6.45, 7) is 6.90. The van der Waals surface area contributed by atoms with E-state index in [1.54, 1.807) is 30.3 Å². The molecule has 1 saturated heterocycles. The van der Waals surface area contributed by atoms with E-state index in [1.807, 2.05) is 44.1 Å². The molecule has 4 rings (SSSR count). The Morgan fingerprint density at radius 2 is 2.06 bits per heavy atom. The van der Waals surface area contributed by atoms with Crippen molar-refractivity contribution >= 4 is 17.4 Å². The van der Waals surface area contributed by atoms with Crippen LogP contribution in [-0.4, -0.2) is 66.5 Å². The van der Waals surface area contributed by atoms with Crippen molar-refractivity contribution in [3.05, 3.63) is 77.4 Å². The van der Waals surface area contributed by atoms with Gasteiger partial charge in [0.05, 0.1) is 11.6 Å². The van der Waals surface area contributed by atoms with E-state index in [1.165, 1.54) is 4.90 Å². The summed E-state index contributed by atoms with van der Waals surface area (Å²) >= 11 is 0. The van der Waals surface area contributed by atoms with Crippen LogP contribution in [0.5, 0.6) is 11.5 Å². The molecule has 2 aliphatic rings. The van der Waals surface area contributed by atoms with Crippen molar-refractivity contribution in [1.29, 1.82) is 0 Å². The third-order valence-corrected chi connectivity index (χ3v) is 6.04. The molecule has 7 heteroatoms. The van der Waals surface area contributed by atoms with E-state index in [9.17, 15) is 14.7 Å². The van der Waals surface area contributed by atoms with Gasteiger partial charge in [0.15, 0.2) is 0 Å². The Bertz CT molecular complexity index is 1150. The number of hydrogen-bond donors (Lipinski definition) is 1. The number of Topliss-reactive ketones (excluding diaryl/α,β-unsaturated/α-hetero) is 1. The molecular weight excluding hydrogens is 432 g/mol. The van der Waals surface area contributed by atoms with E-state index in [-0.39, 0.29) is 17.4 Å². The van der Waals surface area contributed by atoms with Gasteiger partial charge in [0, 0.05) is 25.1 Å². The molecular formula is C27H30N2O5. The van der Waals surface area contributed by atoms with Crippen LogP contribution in [0.3, 0.4) is 0 Å². The Balaban J connectivity index is 1.80. The highest BCUT2D eigenvalue weighted by molar-refractivity contribution is 6.46. The third-order valence-electron chi connectivity index (χ3n) is 6.04. The summed E-state index contributed by atoms with van der Waals surface area (Å²) in [5.41, 5.74) is 2.23. The van der Waals surface area contributed by atoms with Crippen molar-refractivity contribution in [2.45, 2.75) is 25.5 Å². The molecule has 0 aromatic heterocycles. The Labute approximate surface area is 199 Å². The van der Waals surface area contributed by atoms with Crippen LogP contribution in [-0.2, 0) is 16.0 Å². The van der Waals surface area contributed by atoms with Gasteiger partial charge < -0.3 is 24.4 Å². The molecule has 0 bridgehead atoms. The molecule has 2 aliphatic heterocycles. The predicted octanol–water partition coefficient (Wildman–Crippen LogP) is 3.56. The molecule has 1 amide bonds. The molecule has 0 saturated carbocycles. The van der Waals surface area contributed by atoms with E-state index < -0.39 is 17.7 Å². The monoisotopic (exact) mass is 462 g/mol. The van der Waals surface area contributed by atoms with Gasteiger partial charge in [-0.25, -0.2) is 0 Å². The number of ketones is 1. The fourth-order valence-corrected chi connectivity index (χ4v) is 4.42. The summed E-state index contributed by atoms with van der Waals surface area (Å²) in [7, 11) is 3.81. The van der Waals surface area contributed by atoms with Gasteiger partial charge in [-0.15, -0.1) is 0 Å². The smallest absolute Gasteiger partial charge is 0.295 e. The highest BCUT2D eigenvalue weighted by Gasteiger charge is 2.46. The molecule has 1 N–H and O–H groups in total. The first-order valence-corrected chi connectivity index (χ1v) is 11.4. The van der Waals surface area contributed by atoms with Crippen LogP contribution in [0.2, 0.25) is 0 Å². The summed E-state index contributed by atoms with van der Waals surface area (Å²) in [4.78, 5) is 29.8. The number of hydrogen-bond acceptors (Lipinski definition) is 6. The number of amides is 1. The number of rotatable bonds is 8. The maximum absolute atomic E-state index is 13.2. The fraction of sp³-hybridized carbons (Fsp3) is 0.333. The lowest BCUT2D eigenvalue weighted by Crippen LogP contribution is -2.35. The summed E-state index contributed by atoms with van der Waals surface area (Å²) in [6.07, 6.45) is 2.43. The largest absolute Gasteiger partial charge is 0.507 e. The normalized spacial score (nSPS) is 21.0. The summed E-state index contributed by atoms with van der Waals surface area (Å²) in [5, 5.41) is 11.3. The van der Waals surface area contributed by atoms with Gasteiger partial charge in [0.2, 0.25) is 0 Å². The Kier molecular flexibility index (Phi) is 6.75. The van der Waals surface area contributed by atoms with Gasteiger partial charge in [0.1, 0.15) is 30.0 Å². The van der Waals surface area contributed by atoms with Gasteiger partial charge in [-0.2, -0.15) is 0 Å². The second-order valence-corrected chi connectivity index (χ2v) is 8.92. The SMILES string of the molecule is C=CCOc1cccc([C@@H]2/C(=C(\O)c3ccc4c(c3)C[C@H](C)O4)C(=O)C(=O)N2CCN(C)C)c1. The Hall–Kier alpha value is -3.58. The molecule has 2 heterocycles. The molecule has 0 aliphatic carbocycles. The first kappa shape index (κ1) is 23.6. The summed E-state index contributed by atoms with van der Waals surface area (Å²) in [6, 6.07) is 11.9. The standard InChI is InChI=1S/C27H30N2O5/c1-5-13-33-21-8-6-7-18(16-21)24-23(26(31)27(32)29(24)12-11-28(3)4)25(30)19-9-10-22-20(15-19)14-17(2)34-22/h5-10,15-17,24,30H,1,11-14H2,2-4H3/b25-23+/t17-,24+/m0/s1. The first-order valence-electron chi connectivity index (χ1n) is 11.4. The maximum atomic E-state index is 13.2. The second-order valence-electron chi connectivity index (χ2n) is 8.92. The summed E-state index contributed by atoms with van der Waals surface area (Å²) < 4.78 is 11.4. The molecule has 2 aromatic rings. The average molecular weight is 463 g/mol. The van der Waals surface area contributed by atoms with Crippen LogP contribution in [0, 0.1) is 0 Å². The predicted molar refractivity (Wildman–Crippen MR) is 130 cm³/mol. The Morgan fingerprint density at radius 1 is 1.26 bits per heavy atom. The molecule has 178 valence electrons. The number of carbonyl (C=O) groups is 2. The lowest BCUT2D eigenvalue weighted by atomic mass is 9.94. The van der Waals surface area contributed by atoms with Crippen molar-refractivity contribution in [1.82, 2.24) is 9.80 Å². The zero-order chi connectivity index (χ0) is 24.4. The minimum atomic E-state index is -0.726. The number of aliphatic hydroxyl groups is 1. The minimum Gasteiger partial charge on any atom is -0.507 e. The van der Waals surface area contributed by atoms with Gasteiger partial charge in [-0.3, -0.25) is 9.59 Å². The topological polar surface area (TPSA) is 79.3 Å². The van der Waals surface area contributed by atoms with Crippen LogP contribution in [0.4, 0.5) is 0 Å². The lowest BCUT2D eigenvalue weighted by molar-refractivity contribution is -0.140. The molecule has 0 radical (unpaired) electrons. The molecule has 7 nitrogen and oxygen atoms in total. The van der Waals surface area contributed by atoms with Crippen molar-refractivity contribution in [3.63, 3.8) is 0 Å². The van der Waals surface area contributed by atoms with Crippen molar-refractivity contribution in [3.8, 4) is 11.5 Å². The van der Waals surface area contributed by atoms with Crippen LogP contribution >= 0.6 is 0 Å². The molecule has 0 unspecified atom stereocenters. The molecule has 1 fully saturated rings. The fourth-order valence-electron chi connectivity index (χ4n) is 4.42. The van der Waals surface area contributed by atoms with Crippen LogP contribution in [0.1, 0.15) is 29.7 Å². The van der Waals surface area contributed by atoms with E-state index in [2.05, 4.69) is 6.58 Å². The highest BCUT2D eigenvalue weighted by atomic mass is 16.5. The Morgan fingerprint density at radius 3 is 2.79 bits per heavy atom. The number of carbonyl (C=O) groups excluding carboxylic acids is 2. The number of ether oxygens (including phenoxy) is 2. The number of fused-ring (bicyclic) bond motifs is 1. The van der Waals surface area contributed by atoms with Gasteiger partial charge >= 0.3 is 0 Å². The van der Waals surface area contributed by atoms with E-state index in [0.29, 0.717) is 36.6 Å². The quantitative estimate of drug-likeness (QED) is 0.280. The minimum absolute atomic E-state index is 0.0577. The van der Waals surface area contributed by atoms with Crippen molar-refractivity contribution < 1.29 is 24.2 Å². The zero-order valence-corrected chi connectivity index (χ0v) is 19.8. The average Bonchev–Trinajstić information content (AvgIpc) is 3.31. The zero-order valence-electron chi connectivity index (χ0n) is 19.8. The number of likely N-dealkylation sites (tertiary alicyclic amines) is 1. The van der Waals surface area contributed by atoms with E-state index in [4.69, 9.17) is 9.47 Å². The highest BCUT2D eigenvalue weighted by Crippen LogP contribution is 2.41. The van der Waals surface area contributed by atoms with Crippen LogP contribution in [0.25, 0.3) is 5.76 Å². The maximum Gasteiger partial charge on any atom is 0.295 e. The molecule has 34 heavy (non-hydrogen) atoms. The van der Waals surface area contributed by atoms with Crippen LogP contribution in [0.15, 0.2) is 60.7 Å². The number of likely N-dealkylation sites (N-methyl/N-ethyl adjacent to an activating group) is 1. The van der Waals surface area contributed by atoms with Gasteiger partial charge in [0.25, 0.3) is 11.7 Å². The molecule has 2 atom stereocenters. The lowest BCUT2D eigenvalue weighted by Gasteiger charge is -2.27. The van der Waals surface area contributed by atoms with Gasteiger partial charge in [-0.05, 0) is 62.5 Å². The van der Waals surface area contributed by atoms with Crippen molar-refractivity contribution in [2.24, 2.45) is 0 Å².